The Labute approximate surface area is 172 Å². The minimum Gasteiger partial charge on any atom is -0.478 e. The highest BCUT2D eigenvalue weighted by molar-refractivity contribution is 6.04. The average Bonchev–Trinajstić information content (AvgIpc) is 2.74. The lowest BCUT2D eigenvalue weighted by molar-refractivity contribution is -0.122. The Morgan fingerprint density at radius 1 is 1.03 bits per heavy atom. The van der Waals surface area contributed by atoms with Crippen molar-refractivity contribution < 1.29 is 14.3 Å². The van der Waals surface area contributed by atoms with Crippen molar-refractivity contribution in [3.05, 3.63) is 59.7 Å². The summed E-state index contributed by atoms with van der Waals surface area (Å²) in [6.07, 6.45) is -0.630. The van der Waals surface area contributed by atoms with Crippen LogP contribution in [0.4, 0.5) is 5.69 Å². The fraction of sp³-hybridized carbons (Fsp3) is 0.391. The lowest BCUT2D eigenvalue weighted by atomic mass is 10.1. The van der Waals surface area contributed by atoms with Gasteiger partial charge in [-0.3, -0.25) is 9.59 Å². The highest BCUT2D eigenvalue weighted by Gasteiger charge is 2.29. The molecule has 1 atom stereocenters. The number of rotatable bonds is 8. The summed E-state index contributed by atoms with van der Waals surface area (Å²) in [6, 6.07) is 15.3. The van der Waals surface area contributed by atoms with Crippen LogP contribution >= 0.6 is 0 Å². The van der Waals surface area contributed by atoms with Crippen molar-refractivity contribution in [3.63, 3.8) is 0 Å². The third kappa shape index (κ3) is 4.95. The van der Waals surface area contributed by atoms with Gasteiger partial charge in [0.1, 0.15) is 0 Å². The molecule has 1 N–H and O–H groups in total. The summed E-state index contributed by atoms with van der Waals surface area (Å²) in [5.41, 5.74) is 2.10. The topological polar surface area (TPSA) is 61.9 Å². The Morgan fingerprint density at radius 3 is 2.45 bits per heavy atom. The monoisotopic (exact) mass is 395 g/mol. The summed E-state index contributed by atoms with van der Waals surface area (Å²) in [5, 5.41) is 2.82. The number of para-hydroxylation sites is 1. The molecule has 2 amide bonds. The molecule has 154 valence electrons. The largest absolute Gasteiger partial charge is 0.478 e. The van der Waals surface area contributed by atoms with Crippen molar-refractivity contribution in [1.82, 2.24) is 9.80 Å². The molecule has 0 aliphatic carbocycles. The van der Waals surface area contributed by atoms with Gasteiger partial charge in [0.25, 0.3) is 11.8 Å². The van der Waals surface area contributed by atoms with Crippen LogP contribution in [0.25, 0.3) is 0 Å². The summed E-state index contributed by atoms with van der Waals surface area (Å²) < 4.78 is 5.79. The van der Waals surface area contributed by atoms with E-state index >= 15 is 0 Å². The molecule has 1 heterocycles. The highest BCUT2D eigenvalue weighted by atomic mass is 16.5. The van der Waals surface area contributed by atoms with E-state index in [2.05, 4.69) is 24.1 Å². The second-order valence-electron chi connectivity index (χ2n) is 7.17. The summed E-state index contributed by atoms with van der Waals surface area (Å²) >= 11 is 0. The molecule has 2 aromatic rings. The Balaban J connectivity index is 1.88. The van der Waals surface area contributed by atoms with Gasteiger partial charge in [-0.25, -0.2) is 0 Å². The second-order valence-corrected chi connectivity index (χ2v) is 7.17. The number of nitrogens with zero attached hydrogens (tertiary/aromatic N) is 2. The number of amides is 2. The number of likely N-dealkylation sites (N-methyl/N-ethyl adjacent to an activating group) is 1. The molecule has 1 unspecified atom stereocenters. The first-order valence-electron chi connectivity index (χ1n) is 10.2. The summed E-state index contributed by atoms with van der Waals surface area (Å²) in [5.74, 6) is 0.150. The Bertz CT molecular complexity index is 850. The van der Waals surface area contributed by atoms with E-state index in [1.54, 1.807) is 25.1 Å². The number of carbonyl (C=O) groups is 2. The van der Waals surface area contributed by atoms with E-state index in [4.69, 9.17) is 4.74 Å². The van der Waals surface area contributed by atoms with Gasteiger partial charge in [-0.2, -0.15) is 0 Å². The van der Waals surface area contributed by atoms with Gasteiger partial charge in [-0.05, 0) is 37.7 Å². The summed E-state index contributed by atoms with van der Waals surface area (Å²) in [4.78, 5) is 29.6. The van der Waals surface area contributed by atoms with Crippen LogP contribution in [0.15, 0.2) is 48.5 Å². The number of anilines is 1. The van der Waals surface area contributed by atoms with Crippen LogP contribution in [-0.2, 0) is 11.3 Å². The first kappa shape index (κ1) is 20.9. The molecular formula is C23H29N3O3. The zero-order chi connectivity index (χ0) is 20.8. The highest BCUT2D eigenvalue weighted by Crippen LogP contribution is 2.34. The molecule has 6 nitrogen and oxygen atoms in total. The smallest absolute Gasteiger partial charge is 0.265 e. The maximum Gasteiger partial charge on any atom is 0.265 e. The first-order valence-corrected chi connectivity index (χ1v) is 10.2. The molecule has 0 saturated carbocycles. The molecule has 0 bridgehead atoms. The SMILES string of the molecule is CCN(CC)CCN(Cc1ccccc1)C(=O)c1cccc2c1OC(C)C(=O)N2. The minimum atomic E-state index is -0.630. The minimum absolute atomic E-state index is 0.0961. The molecule has 0 aromatic heterocycles. The number of hydrogen-bond donors (Lipinski definition) is 1. The van der Waals surface area contributed by atoms with E-state index in [-0.39, 0.29) is 11.8 Å². The number of carbonyl (C=O) groups excluding carboxylic acids is 2. The molecule has 1 aliphatic rings. The number of benzene rings is 2. The van der Waals surface area contributed by atoms with Crippen LogP contribution < -0.4 is 10.1 Å². The van der Waals surface area contributed by atoms with Crippen molar-refractivity contribution >= 4 is 17.5 Å². The predicted molar refractivity (Wildman–Crippen MR) is 114 cm³/mol. The van der Waals surface area contributed by atoms with Gasteiger partial charge in [0.15, 0.2) is 11.9 Å². The number of hydrogen-bond acceptors (Lipinski definition) is 4. The molecule has 0 spiro atoms. The lowest BCUT2D eigenvalue weighted by Crippen LogP contribution is -2.39. The summed E-state index contributed by atoms with van der Waals surface area (Å²) in [7, 11) is 0. The van der Waals surface area contributed by atoms with Crippen molar-refractivity contribution in [2.45, 2.75) is 33.4 Å². The van der Waals surface area contributed by atoms with Gasteiger partial charge >= 0.3 is 0 Å². The number of ether oxygens (including phenoxy) is 1. The van der Waals surface area contributed by atoms with Crippen LogP contribution in [0.1, 0.15) is 36.7 Å². The average molecular weight is 396 g/mol. The van der Waals surface area contributed by atoms with Crippen molar-refractivity contribution in [3.8, 4) is 5.75 Å². The Kier molecular flexibility index (Phi) is 6.88. The fourth-order valence-corrected chi connectivity index (χ4v) is 3.42. The molecule has 6 heteroatoms. The van der Waals surface area contributed by atoms with E-state index < -0.39 is 6.10 Å². The third-order valence-corrected chi connectivity index (χ3v) is 5.25. The van der Waals surface area contributed by atoms with E-state index in [0.717, 1.165) is 25.2 Å². The summed E-state index contributed by atoms with van der Waals surface area (Å²) in [6.45, 7) is 9.74. The predicted octanol–water partition coefficient (Wildman–Crippen LogP) is 3.39. The lowest BCUT2D eigenvalue weighted by Gasteiger charge is -2.29. The van der Waals surface area contributed by atoms with Crippen LogP contribution in [0.5, 0.6) is 5.75 Å². The van der Waals surface area contributed by atoms with Crippen molar-refractivity contribution in [2.24, 2.45) is 0 Å². The van der Waals surface area contributed by atoms with E-state index in [1.165, 1.54) is 0 Å². The molecule has 0 saturated heterocycles. The Morgan fingerprint density at radius 2 is 1.76 bits per heavy atom. The number of fused-ring (bicyclic) bond motifs is 1. The van der Waals surface area contributed by atoms with Crippen LogP contribution in [0, 0.1) is 0 Å². The van der Waals surface area contributed by atoms with Crippen LogP contribution in [0.2, 0.25) is 0 Å². The fourth-order valence-electron chi connectivity index (χ4n) is 3.42. The normalized spacial score (nSPS) is 15.4. The molecule has 1 aliphatic heterocycles. The van der Waals surface area contributed by atoms with E-state index in [1.807, 2.05) is 35.2 Å². The van der Waals surface area contributed by atoms with Crippen molar-refractivity contribution in [1.29, 1.82) is 0 Å². The molecule has 0 radical (unpaired) electrons. The van der Waals surface area contributed by atoms with Gasteiger partial charge < -0.3 is 19.9 Å². The van der Waals surface area contributed by atoms with E-state index in [9.17, 15) is 9.59 Å². The molecule has 2 aromatic carbocycles. The zero-order valence-corrected chi connectivity index (χ0v) is 17.4. The standard InChI is InChI=1S/C23H29N3O3/c1-4-25(5-2)14-15-26(16-18-10-7-6-8-11-18)23(28)19-12-9-13-20-21(19)29-17(3)22(27)24-20/h6-13,17H,4-5,14-16H2,1-3H3,(H,24,27). The quantitative estimate of drug-likeness (QED) is 0.744. The number of nitrogens with one attached hydrogen (secondary N) is 1. The van der Waals surface area contributed by atoms with Crippen molar-refractivity contribution in [2.75, 3.05) is 31.5 Å². The Hall–Kier alpha value is -2.86. The maximum absolute atomic E-state index is 13.5. The van der Waals surface area contributed by atoms with Crippen LogP contribution in [0.3, 0.4) is 0 Å². The zero-order valence-electron chi connectivity index (χ0n) is 17.4. The second kappa shape index (κ2) is 9.56. The molecular weight excluding hydrogens is 366 g/mol. The van der Waals surface area contributed by atoms with Gasteiger partial charge in [-0.15, -0.1) is 0 Å². The van der Waals surface area contributed by atoms with Gasteiger partial charge in [0.05, 0.1) is 11.3 Å². The first-order chi connectivity index (χ1) is 14.0. The molecule has 0 fully saturated rings. The van der Waals surface area contributed by atoms with Gasteiger partial charge in [-0.1, -0.05) is 50.2 Å². The molecule has 3 rings (SSSR count). The maximum atomic E-state index is 13.5. The van der Waals surface area contributed by atoms with Gasteiger partial charge in [0, 0.05) is 19.6 Å². The van der Waals surface area contributed by atoms with Gasteiger partial charge in [0.2, 0.25) is 0 Å². The third-order valence-electron chi connectivity index (χ3n) is 5.25. The van der Waals surface area contributed by atoms with E-state index in [0.29, 0.717) is 30.1 Å². The molecule has 29 heavy (non-hydrogen) atoms. The van der Waals surface area contributed by atoms with Crippen LogP contribution in [-0.4, -0.2) is 53.9 Å².